The molecule has 0 aliphatic rings. The second-order valence-corrected chi connectivity index (χ2v) is 4.41. The van der Waals surface area contributed by atoms with E-state index in [1.807, 2.05) is 18.2 Å². The average Bonchev–Trinajstić information content (AvgIpc) is 2.39. The van der Waals surface area contributed by atoms with Gasteiger partial charge in [0.15, 0.2) is 0 Å². The minimum atomic E-state index is -0.197. The van der Waals surface area contributed by atoms with Crippen LogP contribution in [-0.2, 0) is 0 Å². The molecule has 2 rings (SSSR count). The van der Waals surface area contributed by atoms with Gasteiger partial charge in [-0.15, -0.1) is 0 Å². The van der Waals surface area contributed by atoms with Gasteiger partial charge in [0.1, 0.15) is 5.82 Å². The van der Waals surface area contributed by atoms with Crippen molar-refractivity contribution < 1.29 is 4.39 Å². The predicted octanol–water partition coefficient (Wildman–Crippen LogP) is 4.16. The molecule has 2 aromatic rings. The minimum absolute atomic E-state index is 0.197. The summed E-state index contributed by atoms with van der Waals surface area (Å²) < 4.78 is 13.2. The number of hydrogen-bond acceptors (Lipinski definition) is 1. The Labute approximate surface area is 108 Å². The van der Waals surface area contributed by atoms with Gasteiger partial charge in [0.2, 0.25) is 0 Å². The monoisotopic (exact) mass is 243 g/mol. The Morgan fingerprint density at radius 3 is 2.39 bits per heavy atom. The topological polar surface area (TPSA) is 12.0 Å². The van der Waals surface area contributed by atoms with Crippen molar-refractivity contribution in [1.82, 2.24) is 5.32 Å². The lowest BCUT2D eigenvalue weighted by molar-refractivity contribution is 0.598. The summed E-state index contributed by atoms with van der Waals surface area (Å²) in [7, 11) is 0. The van der Waals surface area contributed by atoms with Crippen molar-refractivity contribution in [2.24, 2.45) is 0 Å². The van der Waals surface area contributed by atoms with Gasteiger partial charge in [-0.2, -0.15) is 0 Å². The molecule has 2 aromatic carbocycles. The number of benzene rings is 2. The van der Waals surface area contributed by atoms with Gasteiger partial charge in [-0.1, -0.05) is 43.3 Å². The van der Waals surface area contributed by atoms with Gasteiger partial charge in [0.25, 0.3) is 0 Å². The highest BCUT2D eigenvalue weighted by atomic mass is 19.1. The van der Waals surface area contributed by atoms with Crippen LogP contribution in [0.4, 0.5) is 4.39 Å². The fourth-order valence-corrected chi connectivity index (χ4v) is 2.06. The average molecular weight is 243 g/mol. The van der Waals surface area contributed by atoms with Crippen LogP contribution in [0, 0.1) is 5.82 Å². The van der Waals surface area contributed by atoms with Gasteiger partial charge in [0, 0.05) is 6.04 Å². The van der Waals surface area contributed by atoms with Crippen LogP contribution in [-0.4, -0.2) is 6.54 Å². The van der Waals surface area contributed by atoms with Crippen LogP contribution in [0.3, 0.4) is 0 Å². The van der Waals surface area contributed by atoms with Crippen LogP contribution in [0.1, 0.15) is 25.5 Å². The fourth-order valence-electron chi connectivity index (χ4n) is 2.06. The van der Waals surface area contributed by atoms with Crippen LogP contribution < -0.4 is 5.32 Å². The van der Waals surface area contributed by atoms with Crippen LogP contribution in [0.5, 0.6) is 0 Å². The molecular formula is C16H18FN. The summed E-state index contributed by atoms with van der Waals surface area (Å²) >= 11 is 0. The van der Waals surface area contributed by atoms with Crippen molar-refractivity contribution >= 4 is 0 Å². The molecule has 0 bridgehead atoms. The number of hydrogen-bond donors (Lipinski definition) is 1. The Morgan fingerprint density at radius 1 is 1.06 bits per heavy atom. The highest BCUT2D eigenvalue weighted by molar-refractivity contribution is 5.63. The van der Waals surface area contributed by atoms with E-state index in [-0.39, 0.29) is 5.82 Å². The zero-order valence-electron chi connectivity index (χ0n) is 10.8. The first-order valence-electron chi connectivity index (χ1n) is 6.30. The molecule has 0 spiro atoms. The first-order valence-corrected chi connectivity index (χ1v) is 6.30. The van der Waals surface area contributed by atoms with Gasteiger partial charge in [-0.05, 0) is 42.3 Å². The lowest BCUT2D eigenvalue weighted by Gasteiger charge is -2.13. The predicted molar refractivity (Wildman–Crippen MR) is 73.9 cm³/mol. The second kappa shape index (κ2) is 5.78. The van der Waals surface area contributed by atoms with E-state index in [4.69, 9.17) is 0 Å². The molecule has 1 N–H and O–H groups in total. The molecule has 0 aliphatic carbocycles. The fraction of sp³-hybridized carbons (Fsp3) is 0.250. The van der Waals surface area contributed by atoms with E-state index in [0.29, 0.717) is 6.04 Å². The molecule has 94 valence electrons. The Hall–Kier alpha value is -1.67. The van der Waals surface area contributed by atoms with Crippen molar-refractivity contribution in [3.8, 4) is 11.1 Å². The molecule has 0 radical (unpaired) electrons. The summed E-state index contributed by atoms with van der Waals surface area (Å²) in [6.07, 6.45) is 0. The third-order valence-electron chi connectivity index (χ3n) is 3.08. The molecule has 0 heterocycles. The first-order chi connectivity index (χ1) is 8.70. The number of rotatable bonds is 4. The van der Waals surface area contributed by atoms with Crippen molar-refractivity contribution in [3.05, 3.63) is 59.9 Å². The highest BCUT2D eigenvalue weighted by Crippen LogP contribution is 2.22. The molecule has 0 saturated heterocycles. The van der Waals surface area contributed by atoms with Gasteiger partial charge in [-0.25, -0.2) is 4.39 Å². The molecule has 1 atom stereocenters. The van der Waals surface area contributed by atoms with E-state index in [1.54, 1.807) is 12.1 Å². The van der Waals surface area contributed by atoms with Gasteiger partial charge < -0.3 is 5.32 Å². The first kappa shape index (κ1) is 12.8. The molecule has 0 saturated carbocycles. The number of halogens is 1. The van der Waals surface area contributed by atoms with Crippen molar-refractivity contribution in [2.45, 2.75) is 19.9 Å². The smallest absolute Gasteiger partial charge is 0.123 e. The van der Waals surface area contributed by atoms with Gasteiger partial charge in [0.05, 0.1) is 0 Å². The molecular weight excluding hydrogens is 225 g/mol. The molecule has 1 unspecified atom stereocenters. The molecule has 0 aliphatic heterocycles. The normalized spacial score (nSPS) is 12.4. The van der Waals surface area contributed by atoms with Gasteiger partial charge >= 0.3 is 0 Å². The molecule has 18 heavy (non-hydrogen) atoms. The molecule has 2 heteroatoms. The summed E-state index contributed by atoms with van der Waals surface area (Å²) in [5.74, 6) is -0.197. The van der Waals surface area contributed by atoms with E-state index in [0.717, 1.165) is 17.7 Å². The van der Waals surface area contributed by atoms with Crippen molar-refractivity contribution in [1.29, 1.82) is 0 Å². The summed E-state index contributed by atoms with van der Waals surface area (Å²) in [6, 6.07) is 15.3. The third kappa shape index (κ3) is 2.96. The summed E-state index contributed by atoms with van der Waals surface area (Å²) in [5, 5.41) is 3.37. The SMILES string of the molecule is CCNC(C)c1ccc(-c2cccc(F)c2)cc1. The lowest BCUT2D eigenvalue weighted by atomic mass is 10.0. The largest absolute Gasteiger partial charge is 0.310 e. The lowest BCUT2D eigenvalue weighted by Crippen LogP contribution is -2.17. The zero-order valence-corrected chi connectivity index (χ0v) is 10.8. The summed E-state index contributed by atoms with van der Waals surface area (Å²) in [4.78, 5) is 0. The second-order valence-electron chi connectivity index (χ2n) is 4.41. The van der Waals surface area contributed by atoms with Crippen LogP contribution in [0.15, 0.2) is 48.5 Å². The van der Waals surface area contributed by atoms with E-state index < -0.39 is 0 Å². The maximum absolute atomic E-state index is 13.2. The molecule has 0 amide bonds. The minimum Gasteiger partial charge on any atom is -0.310 e. The molecule has 0 fully saturated rings. The van der Waals surface area contributed by atoms with Crippen LogP contribution in [0.25, 0.3) is 11.1 Å². The van der Waals surface area contributed by atoms with E-state index in [2.05, 4.69) is 31.3 Å². The summed E-state index contributed by atoms with van der Waals surface area (Å²) in [6.45, 7) is 5.19. The van der Waals surface area contributed by atoms with Crippen LogP contribution in [0.2, 0.25) is 0 Å². The Kier molecular flexibility index (Phi) is 4.11. The quantitative estimate of drug-likeness (QED) is 0.850. The van der Waals surface area contributed by atoms with E-state index in [9.17, 15) is 4.39 Å². The maximum Gasteiger partial charge on any atom is 0.123 e. The maximum atomic E-state index is 13.2. The highest BCUT2D eigenvalue weighted by Gasteiger charge is 2.04. The van der Waals surface area contributed by atoms with Gasteiger partial charge in [-0.3, -0.25) is 0 Å². The van der Waals surface area contributed by atoms with Crippen LogP contribution >= 0.6 is 0 Å². The standard InChI is InChI=1S/C16H18FN/c1-3-18-12(2)13-7-9-14(10-8-13)15-5-4-6-16(17)11-15/h4-12,18H,3H2,1-2H3. The molecule has 0 aromatic heterocycles. The van der Waals surface area contributed by atoms with Crippen molar-refractivity contribution in [3.63, 3.8) is 0 Å². The molecule has 1 nitrogen and oxygen atoms in total. The zero-order chi connectivity index (χ0) is 13.0. The van der Waals surface area contributed by atoms with E-state index in [1.165, 1.54) is 11.6 Å². The van der Waals surface area contributed by atoms with Crippen molar-refractivity contribution in [2.75, 3.05) is 6.54 Å². The number of nitrogens with one attached hydrogen (secondary N) is 1. The third-order valence-corrected chi connectivity index (χ3v) is 3.08. The Morgan fingerprint density at radius 2 is 1.78 bits per heavy atom. The Bertz CT molecular complexity index is 505. The summed E-state index contributed by atoms with van der Waals surface area (Å²) in [5.41, 5.74) is 3.21. The Balaban J connectivity index is 2.22. The van der Waals surface area contributed by atoms with E-state index >= 15 is 0 Å².